The Kier molecular flexibility index (Phi) is 4.06. The Hall–Kier alpha value is -1.65. The molecule has 0 radical (unpaired) electrons. The molecule has 3 rings (SSSR count). The molecule has 1 aromatic heterocycles. The summed E-state index contributed by atoms with van der Waals surface area (Å²) in [5, 5.41) is 0.836. The predicted molar refractivity (Wildman–Crippen MR) is 89.8 cm³/mol. The van der Waals surface area contributed by atoms with E-state index in [1.807, 2.05) is 13.0 Å². The van der Waals surface area contributed by atoms with E-state index < -0.39 is 0 Å². The van der Waals surface area contributed by atoms with Crippen molar-refractivity contribution in [2.45, 2.75) is 27.3 Å². The van der Waals surface area contributed by atoms with Crippen LogP contribution in [-0.4, -0.2) is 38.2 Å². The second-order valence-electron chi connectivity index (χ2n) is 6.87. The molecule has 2 aromatic rings. The Balaban J connectivity index is 2.00. The van der Waals surface area contributed by atoms with Crippen molar-refractivity contribution >= 4 is 10.9 Å². The van der Waals surface area contributed by atoms with Gasteiger partial charge < -0.3 is 14.8 Å². The number of piperazine rings is 1. The summed E-state index contributed by atoms with van der Waals surface area (Å²) in [7, 11) is 2.25. The fourth-order valence-electron chi connectivity index (χ4n) is 3.43. The van der Waals surface area contributed by atoms with Crippen LogP contribution in [0.3, 0.4) is 0 Å². The number of rotatable bonds is 2. The molecule has 0 unspecified atom stereocenters. The van der Waals surface area contributed by atoms with Crippen LogP contribution in [0, 0.1) is 20.8 Å². The van der Waals surface area contributed by atoms with Gasteiger partial charge in [-0.2, -0.15) is 0 Å². The first-order valence-corrected chi connectivity index (χ1v) is 8.24. The lowest BCUT2D eigenvalue weighted by Crippen LogP contribution is -3.26. The molecule has 0 aliphatic carbocycles. The standard InChI is InChI=1S/C18H25N3O/c1-12-5-6-15-17(13(12)2)19-14(3)16(18(15)22)11-21-9-7-20(4)8-10-21/h5-6H,7-11H2,1-4H3,(H,19,22)/p+2. The zero-order valence-electron chi connectivity index (χ0n) is 14.1. The van der Waals surface area contributed by atoms with Gasteiger partial charge in [0.15, 0.2) is 5.43 Å². The van der Waals surface area contributed by atoms with Gasteiger partial charge in [-0.05, 0) is 38.0 Å². The zero-order valence-corrected chi connectivity index (χ0v) is 14.1. The molecule has 1 saturated heterocycles. The lowest BCUT2D eigenvalue weighted by Gasteiger charge is -2.27. The minimum Gasteiger partial charge on any atom is -0.358 e. The average molecular weight is 301 g/mol. The highest BCUT2D eigenvalue weighted by molar-refractivity contribution is 5.83. The normalized spacial score (nSPS) is 22.2. The van der Waals surface area contributed by atoms with Crippen LogP contribution in [0.4, 0.5) is 0 Å². The molecule has 118 valence electrons. The van der Waals surface area contributed by atoms with E-state index in [0.29, 0.717) is 0 Å². The van der Waals surface area contributed by atoms with Crippen LogP contribution in [-0.2, 0) is 6.54 Å². The number of H-pyrrole nitrogens is 1. The maximum Gasteiger partial charge on any atom is 0.198 e. The maximum atomic E-state index is 12.9. The number of quaternary nitrogens is 2. The van der Waals surface area contributed by atoms with Gasteiger partial charge in [0.05, 0.1) is 18.1 Å². The molecule has 3 N–H and O–H groups in total. The summed E-state index contributed by atoms with van der Waals surface area (Å²) >= 11 is 0. The molecule has 1 aliphatic heterocycles. The number of aryl methyl sites for hydroxylation is 3. The van der Waals surface area contributed by atoms with Gasteiger partial charge in [0.1, 0.15) is 32.7 Å². The van der Waals surface area contributed by atoms with Gasteiger partial charge in [-0.25, -0.2) is 0 Å². The third kappa shape index (κ3) is 2.69. The van der Waals surface area contributed by atoms with Crippen LogP contribution < -0.4 is 15.2 Å². The van der Waals surface area contributed by atoms with Gasteiger partial charge in [-0.3, -0.25) is 4.79 Å². The molecule has 2 heterocycles. The number of aromatic amines is 1. The highest BCUT2D eigenvalue weighted by atomic mass is 16.1. The number of pyridine rings is 1. The van der Waals surface area contributed by atoms with Crippen LogP contribution in [0.5, 0.6) is 0 Å². The van der Waals surface area contributed by atoms with Crippen molar-refractivity contribution in [3.05, 3.63) is 44.7 Å². The zero-order chi connectivity index (χ0) is 15.9. The van der Waals surface area contributed by atoms with Crippen molar-refractivity contribution in [2.75, 3.05) is 33.2 Å². The molecule has 0 bridgehead atoms. The third-order valence-corrected chi connectivity index (χ3v) is 5.26. The van der Waals surface area contributed by atoms with Crippen LogP contribution in [0.25, 0.3) is 10.9 Å². The molecule has 1 aliphatic rings. The Bertz CT molecular complexity index is 755. The SMILES string of the molecule is Cc1ccc2c(=O)c(C[NH+]3CC[NH+](C)CC3)c(C)[nH]c2c1C. The number of fused-ring (bicyclic) bond motifs is 1. The second-order valence-corrected chi connectivity index (χ2v) is 6.87. The minimum atomic E-state index is 0.216. The van der Waals surface area contributed by atoms with Crippen molar-refractivity contribution in [1.29, 1.82) is 0 Å². The number of nitrogens with one attached hydrogen (secondary N) is 3. The van der Waals surface area contributed by atoms with E-state index >= 15 is 0 Å². The van der Waals surface area contributed by atoms with E-state index in [4.69, 9.17) is 0 Å². The minimum absolute atomic E-state index is 0.216. The molecule has 0 atom stereocenters. The summed E-state index contributed by atoms with van der Waals surface area (Å²) in [4.78, 5) is 19.5. The topological polar surface area (TPSA) is 41.7 Å². The van der Waals surface area contributed by atoms with Gasteiger partial charge in [-0.15, -0.1) is 0 Å². The lowest BCUT2D eigenvalue weighted by atomic mass is 10.0. The molecule has 0 saturated carbocycles. The van der Waals surface area contributed by atoms with Crippen molar-refractivity contribution in [3.8, 4) is 0 Å². The quantitative estimate of drug-likeness (QED) is 0.679. The summed E-state index contributed by atoms with van der Waals surface area (Å²) in [5.41, 5.74) is 5.62. The Morgan fingerprint density at radius 3 is 2.45 bits per heavy atom. The summed E-state index contributed by atoms with van der Waals surface area (Å²) in [6, 6.07) is 4.03. The van der Waals surface area contributed by atoms with Gasteiger partial charge in [0.25, 0.3) is 0 Å². The van der Waals surface area contributed by atoms with Gasteiger partial charge in [-0.1, -0.05) is 6.07 Å². The number of likely N-dealkylation sites (N-methyl/N-ethyl adjacent to an activating group) is 1. The molecule has 1 aromatic carbocycles. The van der Waals surface area contributed by atoms with Gasteiger partial charge in [0.2, 0.25) is 0 Å². The van der Waals surface area contributed by atoms with Crippen molar-refractivity contribution in [3.63, 3.8) is 0 Å². The molecular formula is C18H27N3O+2. The number of aromatic nitrogens is 1. The van der Waals surface area contributed by atoms with Crippen LogP contribution in [0.2, 0.25) is 0 Å². The highest BCUT2D eigenvalue weighted by Crippen LogP contribution is 2.18. The van der Waals surface area contributed by atoms with E-state index in [-0.39, 0.29) is 5.43 Å². The van der Waals surface area contributed by atoms with Crippen molar-refractivity contribution in [1.82, 2.24) is 4.98 Å². The first kappa shape index (κ1) is 15.3. The Labute approximate surface area is 131 Å². The lowest BCUT2D eigenvalue weighted by molar-refractivity contribution is -1.01. The van der Waals surface area contributed by atoms with E-state index in [0.717, 1.165) is 41.8 Å². The largest absolute Gasteiger partial charge is 0.358 e. The Morgan fingerprint density at radius 1 is 1.09 bits per heavy atom. The molecule has 4 nitrogen and oxygen atoms in total. The molecule has 4 heteroatoms. The predicted octanol–water partition coefficient (Wildman–Crippen LogP) is -0.633. The van der Waals surface area contributed by atoms with E-state index in [9.17, 15) is 4.79 Å². The summed E-state index contributed by atoms with van der Waals surface area (Å²) in [5.74, 6) is 0. The third-order valence-electron chi connectivity index (χ3n) is 5.26. The molecule has 0 spiro atoms. The first-order chi connectivity index (χ1) is 10.5. The maximum absolute atomic E-state index is 12.9. The van der Waals surface area contributed by atoms with Crippen molar-refractivity contribution in [2.24, 2.45) is 0 Å². The molecule has 22 heavy (non-hydrogen) atoms. The smallest absolute Gasteiger partial charge is 0.198 e. The van der Waals surface area contributed by atoms with Crippen LogP contribution in [0.1, 0.15) is 22.4 Å². The van der Waals surface area contributed by atoms with E-state index in [1.54, 1.807) is 4.90 Å². The van der Waals surface area contributed by atoms with Crippen LogP contribution in [0.15, 0.2) is 16.9 Å². The van der Waals surface area contributed by atoms with Crippen LogP contribution >= 0.6 is 0 Å². The van der Waals surface area contributed by atoms with Crippen molar-refractivity contribution < 1.29 is 9.80 Å². The fraction of sp³-hybridized carbons (Fsp3) is 0.500. The molecule has 1 fully saturated rings. The number of hydrogen-bond donors (Lipinski definition) is 3. The van der Waals surface area contributed by atoms with Gasteiger partial charge in [0, 0.05) is 11.1 Å². The van der Waals surface area contributed by atoms with Gasteiger partial charge >= 0.3 is 0 Å². The second kappa shape index (κ2) is 5.86. The Morgan fingerprint density at radius 2 is 1.77 bits per heavy atom. The van der Waals surface area contributed by atoms with E-state index in [2.05, 4.69) is 31.9 Å². The number of hydrogen-bond acceptors (Lipinski definition) is 1. The highest BCUT2D eigenvalue weighted by Gasteiger charge is 2.22. The summed E-state index contributed by atoms with van der Waals surface area (Å²) in [6.07, 6.45) is 0. The average Bonchev–Trinajstić information content (AvgIpc) is 2.50. The molecular weight excluding hydrogens is 274 g/mol. The van der Waals surface area contributed by atoms with E-state index in [1.165, 1.54) is 29.1 Å². The number of benzene rings is 1. The first-order valence-electron chi connectivity index (χ1n) is 8.24. The summed E-state index contributed by atoms with van der Waals surface area (Å²) < 4.78 is 0. The fourth-order valence-corrected chi connectivity index (χ4v) is 3.43. The monoisotopic (exact) mass is 301 g/mol. The summed E-state index contributed by atoms with van der Waals surface area (Å²) in [6.45, 7) is 11.7. The molecule has 0 amide bonds.